The Morgan fingerprint density at radius 2 is 1.97 bits per heavy atom. The summed E-state index contributed by atoms with van der Waals surface area (Å²) in [5.74, 6) is 3.67. The summed E-state index contributed by atoms with van der Waals surface area (Å²) in [6, 6.07) is 4.07. The molecule has 1 unspecified atom stereocenters. The van der Waals surface area contributed by atoms with Gasteiger partial charge >= 0.3 is 0 Å². The molecule has 0 aliphatic heterocycles. The zero-order chi connectivity index (χ0) is 23.8. The minimum absolute atomic E-state index is 0.0755. The van der Waals surface area contributed by atoms with E-state index in [0.29, 0.717) is 5.69 Å². The first kappa shape index (κ1) is 26.8. The van der Waals surface area contributed by atoms with Crippen molar-refractivity contribution in [2.75, 3.05) is 39.1 Å². The van der Waals surface area contributed by atoms with E-state index in [4.69, 9.17) is 5.26 Å². The Morgan fingerprint density at radius 1 is 1.32 bits per heavy atom. The van der Waals surface area contributed by atoms with Gasteiger partial charge in [-0.1, -0.05) is 11.8 Å². The fourth-order valence-corrected chi connectivity index (χ4v) is 4.10. The van der Waals surface area contributed by atoms with Crippen molar-refractivity contribution in [3.05, 3.63) is 29.6 Å². The minimum atomic E-state index is -4.10. The number of nitrogens with one attached hydrogen (secondary N) is 2. The van der Waals surface area contributed by atoms with Crippen LogP contribution in [0.15, 0.2) is 18.2 Å². The van der Waals surface area contributed by atoms with Gasteiger partial charge in [0.25, 0.3) is 0 Å². The second-order valence-corrected chi connectivity index (χ2v) is 9.70. The Hall–Kier alpha value is -2.28. The van der Waals surface area contributed by atoms with E-state index >= 15 is 0 Å². The zero-order valence-electron chi connectivity index (χ0n) is 17.9. The molecule has 11 heteroatoms. The predicted molar refractivity (Wildman–Crippen MR) is 114 cm³/mol. The molecule has 0 spiro atoms. The molecule has 172 valence electrons. The molecule has 0 aliphatic carbocycles. The van der Waals surface area contributed by atoms with E-state index in [1.165, 1.54) is 26.0 Å². The molecule has 0 bridgehead atoms. The second-order valence-electron chi connectivity index (χ2n) is 7.71. The van der Waals surface area contributed by atoms with E-state index in [0.717, 1.165) is 6.07 Å². The third-order valence-electron chi connectivity index (χ3n) is 4.04. The van der Waals surface area contributed by atoms with Crippen LogP contribution in [0.1, 0.15) is 19.4 Å². The SMILES string of the molecule is CN(C)CC(CNc1ccc(F)c(C#N)c1)S(=O)(=O)N[C@H](CO)[C@@H](O)C#CC(C)(C)F. The number of aliphatic hydroxyl groups excluding tert-OH is 2. The number of hydrogen-bond acceptors (Lipinski definition) is 7. The third kappa shape index (κ3) is 9.17. The van der Waals surface area contributed by atoms with E-state index in [-0.39, 0.29) is 18.7 Å². The summed E-state index contributed by atoms with van der Waals surface area (Å²) in [5.41, 5.74) is -1.73. The highest BCUT2D eigenvalue weighted by molar-refractivity contribution is 7.90. The van der Waals surface area contributed by atoms with Gasteiger partial charge in [0, 0.05) is 18.8 Å². The number of benzene rings is 1. The van der Waals surface area contributed by atoms with Gasteiger partial charge in [0.2, 0.25) is 10.0 Å². The van der Waals surface area contributed by atoms with E-state index < -0.39 is 45.5 Å². The molecule has 0 saturated carbocycles. The monoisotopic (exact) mass is 458 g/mol. The highest BCUT2D eigenvalue weighted by Gasteiger charge is 2.31. The van der Waals surface area contributed by atoms with Crippen molar-refractivity contribution in [3.8, 4) is 17.9 Å². The normalized spacial score (nSPS) is 14.8. The number of hydrogen-bond donors (Lipinski definition) is 4. The van der Waals surface area contributed by atoms with Crippen molar-refractivity contribution >= 4 is 15.7 Å². The lowest BCUT2D eigenvalue weighted by Gasteiger charge is -2.26. The van der Waals surface area contributed by atoms with Gasteiger partial charge < -0.3 is 20.4 Å². The second kappa shape index (κ2) is 11.4. The molecule has 0 aromatic heterocycles. The summed E-state index contributed by atoms with van der Waals surface area (Å²) in [6.45, 7) is 1.56. The summed E-state index contributed by atoms with van der Waals surface area (Å²) in [5, 5.41) is 30.3. The Bertz CT molecular complexity index is 947. The summed E-state index contributed by atoms with van der Waals surface area (Å²) in [6.07, 6.45) is -1.63. The molecule has 8 nitrogen and oxygen atoms in total. The predicted octanol–water partition coefficient (Wildman–Crippen LogP) is 0.432. The topological polar surface area (TPSA) is 126 Å². The molecule has 4 N–H and O–H groups in total. The molecular weight excluding hydrogens is 430 g/mol. The van der Waals surface area contributed by atoms with Crippen LogP contribution >= 0.6 is 0 Å². The maximum absolute atomic E-state index is 13.5. The lowest BCUT2D eigenvalue weighted by atomic mass is 10.1. The van der Waals surface area contributed by atoms with Crippen LogP contribution in [0, 0.1) is 29.0 Å². The third-order valence-corrected chi connectivity index (χ3v) is 5.86. The van der Waals surface area contributed by atoms with Gasteiger partial charge in [-0.25, -0.2) is 21.9 Å². The number of halogens is 2. The van der Waals surface area contributed by atoms with Crippen LogP contribution < -0.4 is 10.0 Å². The molecule has 0 heterocycles. The van der Waals surface area contributed by atoms with Gasteiger partial charge in [-0.2, -0.15) is 5.26 Å². The quantitative estimate of drug-likeness (QED) is 0.375. The molecular formula is C20H28F2N4O4S. The maximum Gasteiger partial charge on any atom is 0.217 e. The fourth-order valence-electron chi connectivity index (χ4n) is 2.49. The molecule has 3 atom stereocenters. The van der Waals surface area contributed by atoms with Crippen LogP contribution in [0.4, 0.5) is 14.5 Å². The highest BCUT2D eigenvalue weighted by Crippen LogP contribution is 2.15. The van der Waals surface area contributed by atoms with E-state index in [1.807, 2.05) is 0 Å². The molecule has 1 aromatic carbocycles. The van der Waals surface area contributed by atoms with Crippen molar-refractivity contribution in [1.82, 2.24) is 9.62 Å². The van der Waals surface area contributed by atoms with Crippen molar-refractivity contribution < 1.29 is 27.4 Å². The van der Waals surface area contributed by atoms with Gasteiger partial charge in [-0.05, 0) is 46.1 Å². The molecule has 0 amide bonds. The van der Waals surface area contributed by atoms with Crippen molar-refractivity contribution in [3.63, 3.8) is 0 Å². The number of nitrogens with zero attached hydrogens (tertiary/aromatic N) is 2. The zero-order valence-corrected chi connectivity index (χ0v) is 18.7. The van der Waals surface area contributed by atoms with Crippen LogP contribution in [0.25, 0.3) is 0 Å². The molecule has 1 rings (SSSR count). The first-order chi connectivity index (χ1) is 14.3. The van der Waals surface area contributed by atoms with Crippen molar-refractivity contribution in [2.24, 2.45) is 0 Å². The number of aliphatic hydroxyl groups is 2. The van der Waals surface area contributed by atoms with Crippen LogP contribution in [0.3, 0.4) is 0 Å². The van der Waals surface area contributed by atoms with E-state index in [1.54, 1.807) is 25.1 Å². The van der Waals surface area contributed by atoms with Gasteiger partial charge in [-0.3, -0.25) is 0 Å². The first-order valence-corrected chi connectivity index (χ1v) is 10.9. The first-order valence-electron chi connectivity index (χ1n) is 9.39. The van der Waals surface area contributed by atoms with Crippen LogP contribution in [0.2, 0.25) is 0 Å². The average molecular weight is 459 g/mol. The van der Waals surface area contributed by atoms with Gasteiger partial charge in [0.1, 0.15) is 23.2 Å². The number of anilines is 1. The summed E-state index contributed by atoms with van der Waals surface area (Å²) < 4.78 is 55.0. The van der Waals surface area contributed by atoms with Crippen molar-refractivity contribution in [1.29, 1.82) is 5.26 Å². The Kier molecular flexibility index (Phi) is 9.81. The van der Waals surface area contributed by atoms with Gasteiger partial charge in [0.15, 0.2) is 5.67 Å². The molecule has 1 aromatic rings. The Balaban J connectivity index is 3.02. The number of alkyl halides is 1. The smallest absolute Gasteiger partial charge is 0.217 e. The van der Waals surface area contributed by atoms with Gasteiger partial charge in [-0.15, -0.1) is 0 Å². The van der Waals surface area contributed by atoms with E-state index in [9.17, 15) is 27.4 Å². The lowest BCUT2D eigenvalue weighted by molar-refractivity contribution is 0.141. The standard InChI is InChI=1S/C20H28F2N4O4S/c1-20(2,22)8-7-19(28)18(13-27)25-31(29,30)16(12-26(3)4)11-24-15-5-6-17(21)14(9-15)10-23/h5-6,9,16,18-19,24-25,27-28H,11-13H2,1-4H3/t16?,18-,19+/m1/s1. The lowest BCUT2D eigenvalue weighted by Crippen LogP contribution is -2.52. The number of sulfonamides is 1. The van der Waals surface area contributed by atoms with Crippen LogP contribution in [-0.2, 0) is 10.0 Å². The molecule has 0 saturated heterocycles. The molecule has 31 heavy (non-hydrogen) atoms. The fraction of sp³-hybridized carbons (Fsp3) is 0.550. The number of nitriles is 1. The van der Waals surface area contributed by atoms with Crippen molar-refractivity contribution in [2.45, 2.75) is 36.9 Å². The maximum atomic E-state index is 13.5. The molecule has 0 aliphatic rings. The summed E-state index contributed by atoms with van der Waals surface area (Å²) in [7, 11) is -0.760. The minimum Gasteiger partial charge on any atom is -0.395 e. The highest BCUT2D eigenvalue weighted by atomic mass is 32.2. The number of rotatable bonds is 10. The largest absolute Gasteiger partial charge is 0.395 e. The molecule has 0 radical (unpaired) electrons. The Labute approximate surface area is 181 Å². The Morgan fingerprint density at radius 3 is 2.48 bits per heavy atom. The average Bonchev–Trinajstić information content (AvgIpc) is 2.67. The molecule has 0 fully saturated rings. The van der Waals surface area contributed by atoms with Crippen LogP contribution in [-0.4, -0.2) is 80.4 Å². The summed E-state index contributed by atoms with van der Waals surface area (Å²) >= 11 is 0. The summed E-state index contributed by atoms with van der Waals surface area (Å²) in [4.78, 5) is 1.63. The van der Waals surface area contributed by atoms with Crippen LogP contribution in [0.5, 0.6) is 0 Å². The van der Waals surface area contributed by atoms with Gasteiger partial charge in [0.05, 0.1) is 18.2 Å². The van der Waals surface area contributed by atoms with E-state index in [2.05, 4.69) is 21.9 Å².